The molecule has 102 valence electrons. The van der Waals surface area contributed by atoms with Crippen molar-refractivity contribution in [2.24, 2.45) is 7.05 Å². The molecule has 1 aromatic heterocycles. The quantitative estimate of drug-likeness (QED) is 0.906. The average molecular weight is 345 g/mol. The summed E-state index contributed by atoms with van der Waals surface area (Å²) in [5.41, 5.74) is 7.49. The van der Waals surface area contributed by atoms with E-state index in [-0.39, 0.29) is 0 Å². The largest absolute Gasteiger partial charge is 0.436 e. The van der Waals surface area contributed by atoms with Crippen LogP contribution in [0.3, 0.4) is 0 Å². The summed E-state index contributed by atoms with van der Waals surface area (Å²) >= 11 is 9.49. The van der Waals surface area contributed by atoms with Crippen LogP contribution in [0.1, 0.15) is 19.0 Å². The second-order valence-electron chi connectivity index (χ2n) is 4.22. The molecule has 4 nitrogen and oxygen atoms in total. The molecule has 2 aromatic rings. The number of hydrogen-bond acceptors (Lipinski definition) is 3. The van der Waals surface area contributed by atoms with Crippen molar-refractivity contribution in [1.82, 2.24) is 9.78 Å². The molecule has 0 spiro atoms. The van der Waals surface area contributed by atoms with Gasteiger partial charge in [0.2, 0.25) is 5.88 Å². The Hall–Kier alpha value is -1.20. The van der Waals surface area contributed by atoms with Crippen LogP contribution < -0.4 is 10.5 Å². The SMILES string of the molecule is CCCc1nn(C)c(Oc2cc(Br)ccc2Cl)c1N. The van der Waals surface area contributed by atoms with Gasteiger partial charge >= 0.3 is 0 Å². The molecular weight excluding hydrogens is 330 g/mol. The van der Waals surface area contributed by atoms with Gasteiger partial charge in [-0.2, -0.15) is 5.10 Å². The summed E-state index contributed by atoms with van der Waals surface area (Å²) in [6, 6.07) is 5.42. The smallest absolute Gasteiger partial charge is 0.241 e. The molecule has 19 heavy (non-hydrogen) atoms. The molecule has 0 saturated heterocycles. The lowest BCUT2D eigenvalue weighted by Gasteiger charge is -2.08. The molecule has 0 bridgehead atoms. The van der Waals surface area contributed by atoms with Crippen LogP contribution in [0.25, 0.3) is 0 Å². The summed E-state index contributed by atoms with van der Waals surface area (Å²) in [4.78, 5) is 0. The number of nitrogen functional groups attached to an aromatic ring is 1. The first kappa shape index (κ1) is 14.2. The van der Waals surface area contributed by atoms with Crippen molar-refractivity contribution < 1.29 is 4.74 Å². The van der Waals surface area contributed by atoms with Crippen LogP contribution in [0.2, 0.25) is 5.02 Å². The fraction of sp³-hybridized carbons (Fsp3) is 0.308. The van der Waals surface area contributed by atoms with E-state index in [4.69, 9.17) is 22.1 Å². The summed E-state index contributed by atoms with van der Waals surface area (Å²) in [6.45, 7) is 2.08. The minimum atomic E-state index is 0.517. The third-order valence-corrected chi connectivity index (χ3v) is 3.50. The van der Waals surface area contributed by atoms with Crippen LogP contribution in [0, 0.1) is 0 Å². The normalized spacial score (nSPS) is 10.7. The van der Waals surface area contributed by atoms with Crippen molar-refractivity contribution in [2.45, 2.75) is 19.8 Å². The summed E-state index contributed by atoms with van der Waals surface area (Å²) in [6.07, 6.45) is 1.81. The molecule has 1 aromatic carbocycles. The Bertz CT molecular complexity index is 598. The highest BCUT2D eigenvalue weighted by Gasteiger charge is 2.16. The molecule has 0 aliphatic heterocycles. The third-order valence-electron chi connectivity index (χ3n) is 2.69. The summed E-state index contributed by atoms with van der Waals surface area (Å²) in [5, 5.41) is 4.89. The highest BCUT2D eigenvalue weighted by Crippen LogP contribution is 2.35. The van der Waals surface area contributed by atoms with Gasteiger partial charge in [-0.15, -0.1) is 0 Å². The van der Waals surface area contributed by atoms with Crippen LogP contribution in [-0.4, -0.2) is 9.78 Å². The number of halogens is 2. The predicted octanol–water partition coefficient (Wildman–Crippen LogP) is 4.16. The van der Waals surface area contributed by atoms with Crippen molar-refractivity contribution in [3.05, 3.63) is 33.4 Å². The molecule has 6 heteroatoms. The van der Waals surface area contributed by atoms with E-state index in [0.29, 0.717) is 22.3 Å². The van der Waals surface area contributed by atoms with Gasteiger partial charge in [0.1, 0.15) is 11.4 Å². The maximum atomic E-state index is 6.10. The summed E-state index contributed by atoms with van der Waals surface area (Å²) in [7, 11) is 1.80. The molecular formula is C13H15BrClN3O. The lowest BCUT2D eigenvalue weighted by molar-refractivity contribution is 0.432. The van der Waals surface area contributed by atoms with Gasteiger partial charge < -0.3 is 10.5 Å². The van der Waals surface area contributed by atoms with Gasteiger partial charge in [0.15, 0.2) is 0 Å². The van der Waals surface area contributed by atoms with E-state index < -0.39 is 0 Å². The molecule has 0 radical (unpaired) electrons. The average Bonchev–Trinajstić information content (AvgIpc) is 2.62. The van der Waals surface area contributed by atoms with Crippen molar-refractivity contribution in [3.63, 3.8) is 0 Å². The summed E-state index contributed by atoms with van der Waals surface area (Å²) < 4.78 is 8.32. The highest BCUT2D eigenvalue weighted by molar-refractivity contribution is 9.10. The maximum Gasteiger partial charge on any atom is 0.241 e. The summed E-state index contributed by atoms with van der Waals surface area (Å²) in [5.74, 6) is 1.07. The lowest BCUT2D eigenvalue weighted by Crippen LogP contribution is -1.97. The Kier molecular flexibility index (Phi) is 4.37. The second kappa shape index (κ2) is 5.84. The predicted molar refractivity (Wildman–Crippen MR) is 80.8 cm³/mol. The number of rotatable bonds is 4. The number of benzene rings is 1. The molecule has 0 amide bonds. The Morgan fingerprint density at radius 1 is 1.47 bits per heavy atom. The molecule has 2 N–H and O–H groups in total. The van der Waals surface area contributed by atoms with E-state index in [1.165, 1.54) is 0 Å². The van der Waals surface area contributed by atoms with Crippen LogP contribution >= 0.6 is 27.5 Å². The van der Waals surface area contributed by atoms with Crippen LogP contribution in [0.4, 0.5) is 5.69 Å². The molecule has 0 saturated carbocycles. The van der Waals surface area contributed by atoms with Gasteiger partial charge in [-0.05, 0) is 24.6 Å². The van der Waals surface area contributed by atoms with Gasteiger partial charge in [-0.25, -0.2) is 4.68 Å². The van der Waals surface area contributed by atoms with E-state index in [0.717, 1.165) is 23.0 Å². The maximum absolute atomic E-state index is 6.10. The van der Waals surface area contributed by atoms with Gasteiger partial charge in [0.25, 0.3) is 0 Å². The van der Waals surface area contributed by atoms with Crippen molar-refractivity contribution in [2.75, 3.05) is 5.73 Å². The van der Waals surface area contributed by atoms with E-state index in [2.05, 4.69) is 28.0 Å². The Balaban J connectivity index is 2.35. The number of nitrogens with zero attached hydrogens (tertiary/aromatic N) is 2. The molecule has 1 heterocycles. The number of aromatic nitrogens is 2. The zero-order valence-electron chi connectivity index (χ0n) is 10.8. The fourth-order valence-corrected chi connectivity index (χ4v) is 2.28. The number of aryl methyl sites for hydroxylation is 2. The van der Waals surface area contributed by atoms with Gasteiger partial charge in [-0.1, -0.05) is 40.9 Å². The van der Waals surface area contributed by atoms with E-state index in [1.807, 2.05) is 6.07 Å². The topological polar surface area (TPSA) is 53.1 Å². The van der Waals surface area contributed by atoms with Gasteiger partial charge in [-0.3, -0.25) is 0 Å². The minimum absolute atomic E-state index is 0.517. The molecule has 0 unspecified atom stereocenters. The van der Waals surface area contributed by atoms with Gasteiger partial charge in [0.05, 0.1) is 10.7 Å². The molecule has 0 atom stereocenters. The van der Waals surface area contributed by atoms with Crippen molar-refractivity contribution >= 4 is 33.2 Å². The highest BCUT2D eigenvalue weighted by atomic mass is 79.9. The monoisotopic (exact) mass is 343 g/mol. The number of ether oxygens (including phenoxy) is 1. The van der Waals surface area contributed by atoms with Crippen LogP contribution in [-0.2, 0) is 13.5 Å². The standard InChI is InChI=1S/C13H15BrClN3O/c1-3-4-10-12(16)13(18(2)17-10)19-11-7-8(14)5-6-9(11)15/h5-7H,3-4,16H2,1-2H3. The fourth-order valence-electron chi connectivity index (χ4n) is 1.78. The zero-order chi connectivity index (χ0) is 14.0. The Morgan fingerprint density at radius 2 is 2.21 bits per heavy atom. The molecule has 0 aliphatic carbocycles. The lowest BCUT2D eigenvalue weighted by atomic mass is 10.2. The second-order valence-corrected chi connectivity index (χ2v) is 5.54. The zero-order valence-corrected chi connectivity index (χ0v) is 13.1. The Labute approximate surface area is 125 Å². The number of hydrogen-bond donors (Lipinski definition) is 1. The first-order valence-electron chi connectivity index (χ1n) is 5.97. The van der Waals surface area contributed by atoms with E-state index >= 15 is 0 Å². The number of nitrogens with two attached hydrogens (primary N) is 1. The first-order chi connectivity index (χ1) is 9.02. The van der Waals surface area contributed by atoms with E-state index in [9.17, 15) is 0 Å². The van der Waals surface area contributed by atoms with E-state index in [1.54, 1.807) is 23.9 Å². The van der Waals surface area contributed by atoms with Crippen LogP contribution in [0.15, 0.2) is 22.7 Å². The molecule has 0 fully saturated rings. The molecule has 0 aliphatic rings. The first-order valence-corrected chi connectivity index (χ1v) is 7.14. The Morgan fingerprint density at radius 3 is 2.89 bits per heavy atom. The number of anilines is 1. The van der Waals surface area contributed by atoms with Gasteiger partial charge in [0, 0.05) is 11.5 Å². The molecule has 2 rings (SSSR count). The van der Waals surface area contributed by atoms with Crippen molar-refractivity contribution in [1.29, 1.82) is 0 Å². The van der Waals surface area contributed by atoms with Crippen molar-refractivity contribution in [3.8, 4) is 11.6 Å². The third kappa shape index (κ3) is 3.04. The minimum Gasteiger partial charge on any atom is -0.436 e. The van der Waals surface area contributed by atoms with Crippen LogP contribution in [0.5, 0.6) is 11.6 Å².